The first-order valence-electron chi connectivity index (χ1n) is 6.48. The lowest BCUT2D eigenvalue weighted by atomic mass is 9.97. The van der Waals surface area contributed by atoms with Gasteiger partial charge in [0.2, 0.25) is 0 Å². The minimum atomic E-state index is -0.287. The van der Waals surface area contributed by atoms with Crippen molar-refractivity contribution in [3.63, 3.8) is 0 Å². The number of halogens is 2. The Bertz CT molecular complexity index is 571. The Kier molecular flexibility index (Phi) is 4.99. The fourth-order valence-electron chi connectivity index (χ4n) is 2.22. The van der Waals surface area contributed by atoms with Crippen LogP contribution < -0.4 is 10.1 Å². The lowest BCUT2D eigenvalue weighted by Gasteiger charge is -2.22. The minimum absolute atomic E-state index is 0.270. The second-order valence-corrected chi connectivity index (χ2v) is 4.83. The summed E-state index contributed by atoms with van der Waals surface area (Å²) in [4.78, 5) is 0. The summed E-state index contributed by atoms with van der Waals surface area (Å²) in [5.41, 5.74) is 1.46. The van der Waals surface area contributed by atoms with Gasteiger partial charge in [-0.05, 0) is 36.4 Å². The summed E-state index contributed by atoms with van der Waals surface area (Å²) in [6.45, 7) is 2.70. The third kappa shape index (κ3) is 3.11. The van der Waals surface area contributed by atoms with Crippen LogP contribution in [0.25, 0.3) is 0 Å². The Morgan fingerprint density at radius 2 is 1.90 bits per heavy atom. The molecule has 1 atom stereocenters. The normalized spacial score (nSPS) is 12.2. The van der Waals surface area contributed by atoms with Crippen LogP contribution >= 0.6 is 11.6 Å². The number of hydrogen-bond donors (Lipinski definition) is 1. The van der Waals surface area contributed by atoms with E-state index in [2.05, 4.69) is 5.32 Å². The topological polar surface area (TPSA) is 21.3 Å². The van der Waals surface area contributed by atoms with Crippen molar-refractivity contribution in [3.05, 3.63) is 64.4 Å². The van der Waals surface area contributed by atoms with E-state index in [-0.39, 0.29) is 11.9 Å². The summed E-state index contributed by atoms with van der Waals surface area (Å²) >= 11 is 5.91. The molecule has 2 nitrogen and oxygen atoms in total. The van der Waals surface area contributed by atoms with Crippen LogP contribution in [0.3, 0.4) is 0 Å². The molecule has 106 valence electrons. The van der Waals surface area contributed by atoms with Crippen LogP contribution in [0.2, 0.25) is 5.02 Å². The van der Waals surface area contributed by atoms with Crippen molar-refractivity contribution >= 4 is 11.6 Å². The van der Waals surface area contributed by atoms with Crippen molar-refractivity contribution in [1.82, 2.24) is 5.32 Å². The molecule has 0 aliphatic heterocycles. The van der Waals surface area contributed by atoms with Crippen LogP contribution in [0.5, 0.6) is 5.75 Å². The van der Waals surface area contributed by atoms with E-state index in [0.29, 0.717) is 22.9 Å². The van der Waals surface area contributed by atoms with E-state index in [0.717, 1.165) is 5.56 Å². The molecule has 2 aromatic carbocycles. The molecule has 2 aromatic rings. The zero-order valence-electron chi connectivity index (χ0n) is 11.5. The number of rotatable bonds is 5. The average molecular weight is 294 g/mol. The second kappa shape index (κ2) is 6.73. The molecular formula is C16H17ClFNO. The van der Waals surface area contributed by atoms with Gasteiger partial charge >= 0.3 is 0 Å². The fourth-order valence-corrected chi connectivity index (χ4v) is 2.35. The minimum Gasteiger partial charge on any atom is -0.496 e. The molecular weight excluding hydrogens is 277 g/mol. The smallest absolute Gasteiger partial charge is 0.132 e. The van der Waals surface area contributed by atoms with E-state index < -0.39 is 0 Å². The molecule has 2 rings (SSSR count). The number of methoxy groups -OCH3 is 1. The van der Waals surface area contributed by atoms with Crippen molar-refractivity contribution in [1.29, 1.82) is 0 Å². The highest BCUT2D eigenvalue weighted by Crippen LogP contribution is 2.32. The molecule has 0 bridgehead atoms. The highest BCUT2D eigenvalue weighted by Gasteiger charge is 2.21. The monoisotopic (exact) mass is 293 g/mol. The van der Waals surface area contributed by atoms with Gasteiger partial charge in [0.1, 0.15) is 11.6 Å². The third-order valence-electron chi connectivity index (χ3n) is 3.13. The van der Waals surface area contributed by atoms with E-state index in [1.54, 1.807) is 31.4 Å². The molecule has 0 aliphatic rings. The van der Waals surface area contributed by atoms with Crippen LogP contribution in [-0.2, 0) is 0 Å². The molecule has 0 aromatic heterocycles. The van der Waals surface area contributed by atoms with Crippen molar-refractivity contribution in [2.24, 2.45) is 0 Å². The summed E-state index contributed by atoms with van der Waals surface area (Å²) in [7, 11) is 1.54. The fraction of sp³-hybridized carbons (Fsp3) is 0.250. The van der Waals surface area contributed by atoms with E-state index in [4.69, 9.17) is 16.3 Å². The molecule has 0 radical (unpaired) electrons. The molecule has 1 unspecified atom stereocenters. The van der Waals surface area contributed by atoms with E-state index >= 15 is 0 Å². The van der Waals surface area contributed by atoms with Gasteiger partial charge < -0.3 is 10.1 Å². The number of benzene rings is 2. The molecule has 0 heterocycles. The van der Waals surface area contributed by atoms with Crippen LogP contribution in [0.1, 0.15) is 24.1 Å². The summed E-state index contributed by atoms with van der Waals surface area (Å²) in [6, 6.07) is 12.0. The standard InChI is InChI=1S/C16H17ClFNO/c1-3-19-16(11-7-9-12(17)10-8-11)15-13(18)5-4-6-14(15)20-2/h4-10,16,19H,3H2,1-2H3. The van der Waals surface area contributed by atoms with Gasteiger partial charge in [-0.3, -0.25) is 0 Å². The zero-order valence-corrected chi connectivity index (χ0v) is 12.2. The quantitative estimate of drug-likeness (QED) is 0.892. The lowest BCUT2D eigenvalue weighted by Crippen LogP contribution is -2.23. The highest BCUT2D eigenvalue weighted by atomic mass is 35.5. The Morgan fingerprint density at radius 1 is 1.20 bits per heavy atom. The Hall–Kier alpha value is -1.58. The molecule has 0 saturated heterocycles. The maximum absolute atomic E-state index is 14.2. The first-order valence-corrected chi connectivity index (χ1v) is 6.86. The average Bonchev–Trinajstić information content (AvgIpc) is 2.46. The summed E-state index contributed by atoms with van der Waals surface area (Å²) in [5.74, 6) is 0.246. The van der Waals surface area contributed by atoms with Gasteiger partial charge in [0.25, 0.3) is 0 Å². The van der Waals surface area contributed by atoms with Crippen LogP contribution in [0.15, 0.2) is 42.5 Å². The molecule has 20 heavy (non-hydrogen) atoms. The maximum atomic E-state index is 14.2. The largest absolute Gasteiger partial charge is 0.496 e. The van der Waals surface area contributed by atoms with Crippen LogP contribution in [0, 0.1) is 5.82 Å². The Labute approximate surface area is 123 Å². The van der Waals surface area contributed by atoms with Crippen molar-refractivity contribution in [2.75, 3.05) is 13.7 Å². The predicted molar refractivity (Wildman–Crippen MR) is 79.9 cm³/mol. The van der Waals surface area contributed by atoms with Crippen molar-refractivity contribution in [3.8, 4) is 5.75 Å². The molecule has 0 saturated carbocycles. The third-order valence-corrected chi connectivity index (χ3v) is 3.39. The first-order chi connectivity index (χ1) is 9.67. The molecule has 0 spiro atoms. The van der Waals surface area contributed by atoms with Crippen molar-refractivity contribution in [2.45, 2.75) is 13.0 Å². The lowest BCUT2D eigenvalue weighted by molar-refractivity contribution is 0.397. The van der Waals surface area contributed by atoms with Gasteiger partial charge in [-0.2, -0.15) is 0 Å². The SMILES string of the molecule is CCNC(c1ccc(Cl)cc1)c1c(F)cccc1OC. The predicted octanol–water partition coefficient (Wildman–Crippen LogP) is 4.19. The van der Waals surface area contributed by atoms with Crippen LogP contribution in [-0.4, -0.2) is 13.7 Å². The summed E-state index contributed by atoms with van der Waals surface area (Å²) in [6.07, 6.45) is 0. The van der Waals surface area contributed by atoms with E-state index in [1.807, 2.05) is 19.1 Å². The number of ether oxygens (including phenoxy) is 1. The van der Waals surface area contributed by atoms with Crippen molar-refractivity contribution < 1.29 is 9.13 Å². The van der Waals surface area contributed by atoms with Gasteiger partial charge in [-0.25, -0.2) is 4.39 Å². The Morgan fingerprint density at radius 3 is 2.50 bits per heavy atom. The first kappa shape index (κ1) is 14.8. The number of hydrogen-bond acceptors (Lipinski definition) is 2. The summed E-state index contributed by atoms with van der Waals surface area (Å²) in [5, 5.41) is 3.94. The molecule has 0 fully saturated rings. The zero-order chi connectivity index (χ0) is 14.5. The Balaban J connectivity index is 2.51. The molecule has 4 heteroatoms. The van der Waals surface area contributed by atoms with Crippen LogP contribution in [0.4, 0.5) is 4.39 Å². The van der Waals surface area contributed by atoms with Gasteiger partial charge in [0.05, 0.1) is 18.7 Å². The van der Waals surface area contributed by atoms with E-state index in [1.165, 1.54) is 6.07 Å². The van der Waals surface area contributed by atoms with Gasteiger partial charge in [0.15, 0.2) is 0 Å². The highest BCUT2D eigenvalue weighted by molar-refractivity contribution is 6.30. The molecule has 1 N–H and O–H groups in total. The summed E-state index contributed by atoms with van der Waals surface area (Å²) < 4.78 is 19.5. The van der Waals surface area contributed by atoms with E-state index in [9.17, 15) is 4.39 Å². The second-order valence-electron chi connectivity index (χ2n) is 4.40. The molecule has 0 amide bonds. The number of nitrogens with one attached hydrogen (secondary N) is 1. The van der Waals surface area contributed by atoms with Gasteiger partial charge in [-0.1, -0.05) is 36.7 Å². The molecule has 0 aliphatic carbocycles. The van der Waals surface area contributed by atoms with Gasteiger partial charge in [-0.15, -0.1) is 0 Å². The maximum Gasteiger partial charge on any atom is 0.132 e. The van der Waals surface area contributed by atoms with Gasteiger partial charge in [0, 0.05) is 5.02 Å².